The lowest BCUT2D eigenvalue weighted by Crippen LogP contribution is -2.16. The maximum Gasteiger partial charge on any atom is 0.697 e. The lowest BCUT2D eigenvalue weighted by atomic mass is 10.2. The maximum absolute atomic E-state index is 11.4. The average Bonchev–Trinajstić information content (AvgIpc) is 2.21. The molecule has 0 aliphatic rings. The third kappa shape index (κ3) is 12.5. The van der Waals surface area contributed by atoms with Crippen LogP contribution in [0.2, 0.25) is 0 Å². The van der Waals surface area contributed by atoms with Crippen molar-refractivity contribution in [1.29, 1.82) is 0 Å². The van der Waals surface area contributed by atoms with Crippen molar-refractivity contribution in [1.82, 2.24) is 6.89 Å². The molecule has 0 saturated carbocycles. The predicted octanol–water partition coefficient (Wildman–Crippen LogP) is 4.48. The summed E-state index contributed by atoms with van der Waals surface area (Å²) in [5.74, 6) is 0.283. The molecule has 10 heteroatoms. The molecule has 108 valence electrons. The smallest absolute Gasteiger partial charge is 0.154 e. The zero-order chi connectivity index (χ0) is 14.1. The average molecular weight is 450 g/mol. The van der Waals surface area contributed by atoms with E-state index in [9.17, 15) is 4.57 Å². The second kappa shape index (κ2) is 11.2. The molecule has 0 aliphatic heterocycles. The minimum Gasteiger partial charge on any atom is -0.154 e. The summed E-state index contributed by atoms with van der Waals surface area (Å²) in [6, 6.07) is 0. The quantitative estimate of drug-likeness (QED) is 0.363. The Bertz CT molecular complexity index is 230. The molecule has 0 aromatic rings. The largest absolute Gasteiger partial charge is 0.697 e. The molecule has 0 aromatic carbocycles. The molecule has 0 bridgehead atoms. The van der Waals surface area contributed by atoms with Gasteiger partial charge in [-0.25, -0.2) is 0 Å². The van der Waals surface area contributed by atoms with Crippen molar-refractivity contribution in [2.75, 3.05) is 26.3 Å². The zero-order valence-electron chi connectivity index (χ0n) is 10.1. The van der Waals surface area contributed by atoms with Crippen LogP contribution in [0.1, 0.15) is 13.8 Å². The van der Waals surface area contributed by atoms with Crippen LogP contribution in [0, 0.1) is 11.8 Å². The van der Waals surface area contributed by atoms with E-state index in [-0.39, 0.29) is 11.8 Å². The van der Waals surface area contributed by atoms with Crippen LogP contribution in [0.5, 0.6) is 0 Å². The van der Waals surface area contributed by atoms with E-state index >= 15 is 0 Å². The van der Waals surface area contributed by atoms with Crippen molar-refractivity contribution in [2.45, 2.75) is 13.8 Å². The highest BCUT2D eigenvalue weighted by Gasteiger charge is 2.24. The number of halogens is 4. The molecular weight excluding hydrogens is 434 g/mol. The Kier molecular flexibility index (Phi) is 12.1. The minimum absolute atomic E-state index is 0.141. The van der Waals surface area contributed by atoms with E-state index in [1.165, 1.54) is 6.89 Å². The van der Waals surface area contributed by atoms with E-state index in [0.29, 0.717) is 26.3 Å². The first-order valence-corrected chi connectivity index (χ1v) is 8.41. The predicted molar refractivity (Wildman–Crippen MR) is 80.8 cm³/mol. The van der Waals surface area contributed by atoms with Crippen LogP contribution in [-0.2, 0) is 13.6 Å². The van der Waals surface area contributed by atoms with E-state index in [1.54, 1.807) is 0 Å². The molecule has 0 aliphatic carbocycles. The van der Waals surface area contributed by atoms with Gasteiger partial charge in [0.1, 0.15) is 13.2 Å². The monoisotopic (exact) mass is 447 g/mol. The molecule has 0 amide bonds. The Morgan fingerprint density at radius 3 is 1.67 bits per heavy atom. The molecule has 0 N–H and O–H groups in total. The third-order valence-corrected chi connectivity index (χ3v) is 3.40. The van der Waals surface area contributed by atoms with Crippen LogP contribution >= 0.6 is 64.1 Å². The van der Waals surface area contributed by atoms with Gasteiger partial charge in [-0.2, -0.15) is 6.89 Å². The van der Waals surface area contributed by atoms with Crippen LogP contribution < -0.4 is 0 Å². The lowest BCUT2D eigenvalue weighted by Gasteiger charge is -2.10. The number of nitrogens with zero attached hydrogens (tertiary/aromatic N) is 2. The van der Waals surface area contributed by atoms with Crippen LogP contribution in [0.3, 0.4) is 0 Å². The highest BCUT2D eigenvalue weighted by Crippen LogP contribution is 2.26. The van der Waals surface area contributed by atoms with Crippen molar-refractivity contribution >= 4 is 64.1 Å². The summed E-state index contributed by atoms with van der Waals surface area (Å²) in [6.45, 7) is 5.64. The van der Waals surface area contributed by atoms with Crippen LogP contribution in [0.25, 0.3) is 0 Å². The molecule has 0 saturated heterocycles. The first-order chi connectivity index (χ1) is 8.31. The lowest BCUT2D eigenvalue weighted by molar-refractivity contribution is 0.181. The topological polar surface area (TPSA) is 42.0 Å². The summed E-state index contributed by atoms with van der Waals surface area (Å²) in [7, 11) is -2.10. The van der Waals surface area contributed by atoms with Crippen LogP contribution in [-0.4, -0.2) is 33.2 Å². The molecule has 18 heavy (non-hydrogen) atoms. The molecule has 0 heterocycles. The Labute approximate surface area is 136 Å². The minimum atomic E-state index is -2.10. The Balaban J connectivity index is 3.65. The Morgan fingerprint density at radius 1 is 1.06 bits per heavy atom. The van der Waals surface area contributed by atoms with Gasteiger partial charge in [-0.05, 0) is 35.4 Å². The Hall–Kier alpha value is 1.48. The molecule has 0 aromatic heterocycles. The molecule has 0 spiro atoms. The highest BCUT2D eigenvalue weighted by atomic mass is 79.9. The van der Waals surface area contributed by atoms with Gasteiger partial charge in [0.05, 0.1) is 0 Å². The van der Waals surface area contributed by atoms with E-state index in [2.05, 4.69) is 32.3 Å². The SMILES string of the molecule is CC(CO[P+](=O)OCC(C)CN(Cl)Br)CN(Cl)Br. The molecule has 0 fully saturated rings. The summed E-state index contributed by atoms with van der Waals surface area (Å²) >= 11 is 17.4. The zero-order valence-corrected chi connectivity index (χ0v) is 15.6. The molecule has 5 nitrogen and oxygen atoms in total. The second-order valence-corrected chi connectivity index (χ2v) is 8.31. The normalized spacial score (nSPS) is 16.1. The summed E-state index contributed by atoms with van der Waals surface area (Å²) in [5, 5.41) is 0. The van der Waals surface area contributed by atoms with Gasteiger partial charge < -0.3 is 0 Å². The molecule has 2 unspecified atom stereocenters. The molecule has 0 rings (SSSR count). The van der Waals surface area contributed by atoms with E-state index in [4.69, 9.17) is 32.6 Å². The van der Waals surface area contributed by atoms with Gasteiger partial charge in [0.25, 0.3) is 0 Å². The second-order valence-electron chi connectivity index (χ2n) is 4.00. The first-order valence-electron chi connectivity index (χ1n) is 5.22. The van der Waals surface area contributed by atoms with Gasteiger partial charge in [0.2, 0.25) is 0 Å². The number of hydrogen-bond donors (Lipinski definition) is 0. The number of rotatable bonds is 10. The first kappa shape index (κ1) is 19.5. The van der Waals surface area contributed by atoms with E-state index in [1.807, 2.05) is 13.8 Å². The Morgan fingerprint density at radius 2 is 1.39 bits per heavy atom. The van der Waals surface area contributed by atoms with Crippen molar-refractivity contribution < 1.29 is 13.6 Å². The van der Waals surface area contributed by atoms with Gasteiger partial charge in [-0.3, -0.25) is 0 Å². The summed E-state index contributed by atoms with van der Waals surface area (Å²) < 4.78 is 24.3. The third-order valence-electron chi connectivity index (χ3n) is 1.83. The number of hydrogen-bond acceptors (Lipinski definition) is 5. The summed E-state index contributed by atoms with van der Waals surface area (Å²) in [4.78, 5) is 0. The fraction of sp³-hybridized carbons (Fsp3) is 1.00. The molecule has 0 radical (unpaired) electrons. The van der Waals surface area contributed by atoms with Gasteiger partial charge in [-0.1, -0.05) is 13.8 Å². The van der Waals surface area contributed by atoms with Gasteiger partial charge in [0, 0.05) is 49.9 Å². The molecule has 2 atom stereocenters. The van der Waals surface area contributed by atoms with Crippen molar-refractivity contribution in [3.63, 3.8) is 0 Å². The highest BCUT2D eigenvalue weighted by molar-refractivity contribution is 9.08. The fourth-order valence-electron chi connectivity index (χ4n) is 0.990. The van der Waals surface area contributed by atoms with Gasteiger partial charge >= 0.3 is 8.25 Å². The van der Waals surface area contributed by atoms with Gasteiger partial charge in [-0.15, -0.1) is 9.05 Å². The molecular formula is C8H16Br2Cl2N2O3P+. The van der Waals surface area contributed by atoms with Crippen molar-refractivity contribution in [2.24, 2.45) is 11.8 Å². The standard InChI is InChI=1S/C8H16Br2Cl2N2O3P/c1-7(3-13(9)11)5-16-18(15)17-6-8(2)4-14(10)12/h7-8H,3-6H2,1-2H3/q+1. The summed E-state index contributed by atoms with van der Waals surface area (Å²) in [5.41, 5.74) is 0. The van der Waals surface area contributed by atoms with Gasteiger partial charge in [0.15, 0.2) is 0 Å². The van der Waals surface area contributed by atoms with Crippen LogP contribution in [0.15, 0.2) is 0 Å². The van der Waals surface area contributed by atoms with Crippen LogP contribution in [0.4, 0.5) is 0 Å². The van der Waals surface area contributed by atoms with E-state index in [0.717, 1.165) is 0 Å². The maximum atomic E-state index is 11.4. The van der Waals surface area contributed by atoms with E-state index < -0.39 is 8.25 Å². The summed E-state index contributed by atoms with van der Waals surface area (Å²) in [6.07, 6.45) is 0. The fourth-order valence-corrected chi connectivity index (χ4v) is 3.28. The van der Waals surface area contributed by atoms with Crippen molar-refractivity contribution in [3.8, 4) is 0 Å². The van der Waals surface area contributed by atoms with Crippen molar-refractivity contribution in [3.05, 3.63) is 0 Å².